The van der Waals surface area contributed by atoms with E-state index in [0.29, 0.717) is 42.7 Å². The van der Waals surface area contributed by atoms with Crippen molar-refractivity contribution in [2.45, 2.75) is 52.1 Å². The number of carbonyl (C=O) groups excluding carboxylic acids is 2. The van der Waals surface area contributed by atoms with Crippen LogP contribution in [-0.4, -0.2) is 19.1 Å². The number of hydrogen-bond acceptors (Lipinski definition) is 6. The number of halogens is 1. The van der Waals surface area contributed by atoms with Crippen molar-refractivity contribution in [2.24, 2.45) is 0 Å². The van der Waals surface area contributed by atoms with Crippen LogP contribution in [-0.2, 0) is 27.4 Å². The average molecular weight is 521 g/mol. The van der Waals surface area contributed by atoms with Gasteiger partial charge in [0.2, 0.25) is 0 Å². The highest BCUT2D eigenvalue weighted by Gasteiger charge is 2.06. The molecule has 0 aliphatic heterocycles. The number of hydrogen-bond donors (Lipinski definition) is 2. The number of ether oxygens (including phenoxy) is 2. The first kappa shape index (κ1) is 30.1. The topological polar surface area (TPSA) is 105 Å². The Bertz CT molecular complexity index is 1170. The van der Waals surface area contributed by atoms with E-state index in [4.69, 9.17) is 20.9 Å². The van der Waals surface area contributed by atoms with Crippen molar-refractivity contribution >= 4 is 29.4 Å². The summed E-state index contributed by atoms with van der Waals surface area (Å²) in [5.74, 6) is -0.329. The van der Waals surface area contributed by atoms with Crippen LogP contribution < -0.4 is 16.2 Å². The summed E-state index contributed by atoms with van der Waals surface area (Å²) >= 11 is 0. The largest absolute Gasteiger partial charge is 0.458 e. The highest BCUT2D eigenvalue weighted by molar-refractivity contribution is 5.87. The quantitative estimate of drug-likeness (QED) is 0.150. The standard InChI is InChI=1S/C26H26N2O4.C4H8.CH3F/c1-18-2-4-19(5-3-18)9-15-26(30)32-23-12-6-20(7-13-23)8-14-25(29)31-17-21-10-11-22(27)16-24(21)28;1-2-4-3-1;1-2/h2-8,10-14,16H,9,15,17,27-28H2,1H3;1-4H2;1H3/b14-8+;;. The van der Waals surface area contributed by atoms with Gasteiger partial charge >= 0.3 is 11.9 Å². The summed E-state index contributed by atoms with van der Waals surface area (Å²) in [6.07, 6.45) is 9.88. The molecule has 4 N–H and O–H groups in total. The van der Waals surface area contributed by atoms with Crippen LogP contribution in [0, 0.1) is 6.92 Å². The van der Waals surface area contributed by atoms with Gasteiger partial charge in [0.15, 0.2) is 0 Å². The van der Waals surface area contributed by atoms with Crippen LogP contribution in [0.25, 0.3) is 6.08 Å². The molecule has 0 radical (unpaired) electrons. The van der Waals surface area contributed by atoms with Crippen molar-refractivity contribution < 1.29 is 23.5 Å². The minimum atomic E-state index is -0.493. The van der Waals surface area contributed by atoms with Crippen molar-refractivity contribution in [3.05, 3.63) is 95.1 Å². The molecule has 3 aromatic carbocycles. The maximum absolute atomic E-state index is 12.1. The van der Waals surface area contributed by atoms with Crippen LogP contribution in [0.2, 0.25) is 0 Å². The number of nitrogen functional groups attached to an aromatic ring is 2. The summed E-state index contributed by atoms with van der Waals surface area (Å²) in [6.45, 7) is 2.09. The highest BCUT2D eigenvalue weighted by atomic mass is 19.1. The lowest BCUT2D eigenvalue weighted by Crippen LogP contribution is -2.09. The van der Waals surface area contributed by atoms with Gasteiger partial charge in [-0.1, -0.05) is 73.7 Å². The summed E-state index contributed by atoms with van der Waals surface area (Å²) in [5.41, 5.74) is 16.3. The Morgan fingerprint density at radius 3 is 2.11 bits per heavy atom. The molecule has 0 aromatic heterocycles. The number of anilines is 2. The third-order valence-electron chi connectivity index (χ3n) is 5.80. The van der Waals surface area contributed by atoms with Gasteiger partial charge in [-0.2, -0.15) is 0 Å². The van der Waals surface area contributed by atoms with Crippen molar-refractivity contribution in [1.82, 2.24) is 0 Å². The van der Waals surface area contributed by atoms with Crippen molar-refractivity contribution in [3.8, 4) is 5.75 Å². The second-order valence-corrected chi connectivity index (χ2v) is 8.84. The molecule has 0 amide bonds. The molecule has 6 nitrogen and oxygen atoms in total. The van der Waals surface area contributed by atoms with E-state index in [1.165, 1.54) is 37.3 Å². The molecule has 1 fully saturated rings. The van der Waals surface area contributed by atoms with Crippen LogP contribution in [0.1, 0.15) is 54.4 Å². The van der Waals surface area contributed by atoms with Crippen LogP contribution >= 0.6 is 0 Å². The molecule has 4 rings (SSSR count). The summed E-state index contributed by atoms with van der Waals surface area (Å²) in [7, 11) is 0.500. The lowest BCUT2D eigenvalue weighted by Gasteiger charge is -2.06. The van der Waals surface area contributed by atoms with Crippen LogP contribution in [0.3, 0.4) is 0 Å². The molecule has 0 atom stereocenters. The van der Waals surface area contributed by atoms with E-state index < -0.39 is 5.97 Å². The van der Waals surface area contributed by atoms with Gasteiger partial charge in [0.1, 0.15) is 12.4 Å². The number of carbonyl (C=O) groups is 2. The molecular formula is C31H37FN2O4. The summed E-state index contributed by atoms with van der Waals surface area (Å²) in [5, 5.41) is 0. The van der Waals surface area contributed by atoms with Gasteiger partial charge in [-0.05, 0) is 54.8 Å². The summed E-state index contributed by atoms with van der Waals surface area (Å²) in [4.78, 5) is 24.0. The van der Waals surface area contributed by atoms with Gasteiger partial charge in [0.05, 0.1) is 7.18 Å². The van der Waals surface area contributed by atoms with E-state index in [1.807, 2.05) is 31.2 Å². The molecular weight excluding hydrogens is 483 g/mol. The number of rotatable bonds is 8. The zero-order valence-electron chi connectivity index (χ0n) is 22.1. The average Bonchev–Trinajstić information content (AvgIpc) is 2.88. The highest BCUT2D eigenvalue weighted by Crippen LogP contribution is 2.18. The third kappa shape index (κ3) is 11.3. The van der Waals surface area contributed by atoms with Gasteiger partial charge in [-0.15, -0.1) is 0 Å². The van der Waals surface area contributed by atoms with Crippen LogP contribution in [0.5, 0.6) is 5.75 Å². The normalized spacial score (nSPS) is 11.8. The first-order valence-corrected chi connectivity index (χ1v) is 12.6. The second kappa shape index (κ2) is 16.6. The fourth-order valence-electron chi connectivity index (χ4n) is 3.19. The molecule has 1 saturated carbocycles. The fourth-order valence-corrected chi connectivity index (χ4v) is 3.19. The van der Waals surface area contributed by atoms with E-state index in [2.05, 4.69) is 0 Å². The zero-order valence-corrected chi connectivity index (χ0v) is 22.1. The monoisotopic (exact) mass is 520 g/mol. The SMILES string of the molecule is C1CCC1.CF.Cc1ccc(CCC(=O)Oc2ccc(/C=C/C(=O)OCc3ccc(N)cc3N)cc2)cc1. The minimum absolute atomic E-state index is 0.0623. The number of esters is 2. The van der Waals surface area contributed by atoms with Gasteiger partial charge in [0.25, 0.3) is 0 Å². The second-order valence-electron chi connectivity index (χ2n) is 8.84. The van der Waals surface area contributed by atoms with E-state index in [-0.39, 0.29) is 12.6 Å². The molecule has 38 heavy (non-hydrogen) atoms. The Kier molecular flexibility index (Phi) is 13.1. The Hall–Kier alpha value is -4.13. The lowest BCUT2D eigenvalue weighted by molar-refractivity contribution is -0.139. The smallest absolute Gasteiger partial charge is 0.331 e. The summed E-state index contributed by atoms with van der Waals surface area (Å²) < 4.78 is 20.1. The molecule has 0 heterocycles. The molecule has 0 saturated heterocycles. The number of benzene rings is 3. The Balaban J connectivity index is 0.000000756. The fraction of sp³-hybridized carbons (Fsp3) is 0.290. The van der Waals surface area contributed by atoms with E-state index in [0.717, 1.165) is 11.1 Å². The van der Waals surface area contributed by atoms with E-state index in [9.17, 15) is 14.0 Å². The predicted molar refractivity (Wildman–Crippen MR) is 151 cm³/mol. The molecule has 3 aromatic rings. The number of nitrogens with two attached hydrogens (primary N) is 2. The van der Waals surface area contributed by atoms with Gasteiger partial charge in [0, 0.05) is 29.4 Å². The maximum Gasteiger partial charge on any atom is 0.331 e. The molecule has 1 aliphatic carbocycles. The molecule has 0 spiro atoms. The van der Waals surface area contributed by atoms with E-state index in [1.54, 1.807) is 48.5 Å². The first-order valence-electron chi connectivity index (χ1n) is 12.6. The molecule has 202 valence electrons. The van der Waals surface area contributed by atoms with Crippen molar-refractivity contribution in [2.75, 3.05) is 18.6 Å². The molecule has 1 aliphatic rings. The lowest BCUT2D eigenvalue weighted by atomic mass is 10.0. The minimum Gasteiger partial charge on any atom is -0.458 e. The molecule has 0 bridgehead atoms. The Morgan fingerprint density at radius 1 is 0.895 bits per heavy atom. The van der Waals surface area contributed by atoms with E-state index >= 15 is 0 Å². The zero-order chi connectivity index (χ0) is 27.8. The van der Waals surface area contributed by atoms with Crippen LogP contribution in [0.4, 0.5) is 15.8 Å². The van der Waals surface area contributed by atoms with Gasteiger partial charge in [-0.25, -0.2) is 4.79 Å². The Labute approximate surface area is 224 Å². The predicted octanol–water partition coefficient (Wildman–Crippen LogP) is 6.60. The maximum atomic E-state index is 12.1. The van der Waals surface area contributed by atoms with Gasteiger partial charge < -0.3 is 20.9 Å². The van der Waals surface area contributed by atoms with Gasteiger partial charge in [-0.3, -0.25) is 9.18 Å². The molecule has 7 heteroatoms. The van der Waals surface area contributed by atoms with Crippen molar-refractivity contribution in [1.29, 1.82) is 0 Å². The Morgan fingerprint density at radius 2 is 1.53 bits per heavy atom. The molecule has 0 unspecified atom stereocenters. The number of aryl methyl sites for hydroxylation is 2. The number of alkyl halides is 1. The third-order valence-corrected chi connectivity index (χ3v) is 5.80. The summed E-state index contributed by atoms with van der Waals surface area (Å²) in [6, 6.07) is 20.0. The first-order chi connectivity index (χ1) is 18.4. The van der Waals surface area contributed by atoms with Crippen LogP contribution in [0.15, 0.2) is 72.8 Å². The van der Waals surface area contributed by atoms with Crippen molar-refractivity contribution in [3.63, 3.8) is 0 Å².